The van der Waals surface area contributed by atoms with Gasteiger partial charge in [0.2, 0.25) is 5.16 Å². The SMILES string of the molecule is c1cc(CCSc2n[nH]c(C3CCCO3)n2)sn1. The summed E-state index contributed by atoms with van der Waals surface area (Å²) >= 11 is 3.22. The molecule has 3 rings (SSSR count). The Morgan fingerprint density at radius 3 is 3.33 bits per heavy atom. The van der Waals surface area contributed by atoms with Crippen LogP contribution in [-0.2, 0) is 11.2 Å². The summed E-state index contributed by atoms with van der Waals surface area (Å²) in [5.41, 5.74) is 0. The van der Waals surface area contributed by atoms with Gasteiger partial charge in [-0.05, 0) is 36.9 Å². The number of ether oxygens (including phenoxy) is 1. The normalized spacial score (nSPS) is 19.4. The van der Waals surface area contributed by atoms with Crippen molar-refractivity contribution in [3.8, 4) is 0 Å². The van der Waals surface area contributed by atoms with Crippen LogP contribution < -0.4 is 0 Å². The molecule has 1 aliphatic heterocycles. The number of aryl methyl sites for hydroxylation is 1. The number of thioether (sulfide) groups is 1. The van der Waals surface area contributed by atoms with Crippen LogP contribution >= 0.6 is 23.3 Å². The minimum atomic E-state index is 0.119. The van der Waals surface area contributed by atoms with Gasteiger partial charge in [0, 0.05) is 23.4 Å². The summed E-state index contributed by atoms with van der Waals surface area (Å²) in [7, 11) is 0. The Hall–Kier alpha value is -0.920. The zero-order valence-corrected chi connectivity index (χ0v) is 11.5. The van der Waals surface area contributed by atoms with E-state index >= 15 is 0 Å². The minimum absolute atomic E-state index is 0.119. The third-order valence-electron chi connectivity index (χ3n) is 2.79. The zero-order valence-electron chi connectivity index (χ0n) is 9.83. The highest BCUT2D eigenvalue weighted by atomic mass is 32.2. The molecule has 0 saturated carbocycles. The van der Waals surface area contributed by atoms with Crippen LogP contribution in [0.4, 0.5) is 0 Å². The van der Waals surface area contributed by atoms with Crippen LogP contribution in [0.25, 0.3) is 0 Å². The molecule has 0 bridgehead atoms. The Balaban J connectivity index is 1.50. The maximum absolute atomic E-state index is 5.57. The molecule has 1 aliphatic rings. The fourth-order valence-electron chi connectivity index (χ4n) is 1.87. The zero-order chi connectivity index (χ0) is 12.2. The molecule has 0 radical (unpaired) electrons. The molecule has 18 heavy (non-hydrogen) atoms. The molecule has 0 aromatic carbocycles. The number of H-pyrrole nitrogens is 1. The van der Waals surface area contributed by atoms with Gasteiger partial charge in [0.25, 0.3) is 0 Å². The summed E-state index contributed by atoms with van der Waals surface area (Å²) in [5.74, 6) is 1.85. The predicted molar refractivity (Wildman–Crippen MR) is 70.9 cm³/mol. The third-order valence-corrected chi connectivity index (χ3v) is 4.44. The number of hydrogen-bond acceptors (Lipinski definition) is 6. The van der Waals surface area contributed by atoms with E-state index in [-0.39, 0.29) is 6.10 Å². The highest BCUT2D eigenvalue weighted by molar-refractivity contribution is 7.99. The van der Waals surface area contributed by atoms with Gasteiger partial charge in [-0.25, -0.2) is 9.36 Å². The number of aromatic nitrogens is 4. The molecular formula is C11H14N4OS2. The molecule has 0 amide bonds. The molecule has 1 saturated heterocycles. The smallest absolute Gasteiger partial charge is 0.208 e. The predicted octanol–water partition coefficient (Wildman–Crippen LogP) is 2.45. The molecule has 1 fully saturated rings. The second kappa shape index (κ2) is 5.81. The topological polar surface area (TPSA) is 63.7 Å². The van der Waals surface area contributed by atoms with Crippen LogP contribution in [0, 0.1) is 0 Å². The maximum atomic E-state index is 5.57. The van der Waals surface area contributed by atoms with E-state index in [9.17, 15) is 0 Å². The van der Waals surface area contributed by atoms with E-state index in [4.69, 9.17) is 4.74 Å². The standard InChI is InChI=1S/C11H14N4OS2/c1-2-9(16-6-1)10-13-11(15-14-10)17-7-4-8-3-5-12-18-8/h3,5,9H,1-2,4,6-7H2,(H,13,14,15). The van der Waals surface area contributed by atoms with E-state index in [0.29, 0.717) is 0 Å². The summed E-state index contributed by atoms with van der Waals surface area (Å²) < 4.78 is 9.65. The van der Waals surface area contributed by atoms with Crippen LogP contribution in [0.2, 0.25) is 0 Å². The number of nitrogens with one attached hydrogen (secondary N) is 1. The fourth-order valence-corrected chi connectivity index (χ4v) is 3.35. The van der Waals surface area contributed by atoms with Crippen molar-refractivity contribution < 1.29 is 4.74 Å². The lowest BCUT2D eigenvalue weighted by Crippen LogP contribution is -1.97. The van der Waals surface area contributed by atoms with Gasteiger partial charge >= 0.3 is 0 Å². The first-order valence-electron chi connectivity index (χ1n) is 5.98. The number of rotatable bonds is 5. The molecule has 1 N–H and O–H groups in total. The van der Waals surface area contributed by atoms with E-state index in [1.807, 2.05) is 6.20 Å². The highest BCUT2D eigenvalue weighted by Gasteiger charge is 2.21. The number of nitrogens with zero attached hydrogens (tertiary/aromatic N) is 3. The Bertz CT molecular complexity index is 479. The molecule has 3 heterocycles. The Labute approximate surface area is 114 Å². The van der Waals surface area contributed by atoms with E-state index < -0.39 is 0 Å². The first-order valence-corrected chi connectivity index (χ1v) is 7.74. The van der Waals surface area contributed by atoms with Crippen LogP contribution in [0.5, 0.6) is 0 Å². The van der Waals surface area contributed by atoms with Crippen LogP contribution in [-0.4, -0.2) is 31.9 Å². The molecule has 96 valence electrons. The van der Waals surface area contributed by atoms with Gasteiger partial charge in [-0.15, -0.1) is 5.10 Å². The molecule has 1 atom stereocenters. The minimum Gasteiger partial charge on any atom is -0.370 e. The van der Waals surface area contributed by atoms with E-state index in [1.54, 1.807) is 23.3 Å². The van der Waals surface area contributed by atoms with Crippen molar-refractivity contribution in [2.24, 2.45) is 0 Å². The lowest BCUT2D eigenvalue weighted by molar-refractivity contribution is 0.105. The van der Waals surface area contributed by atoms with Crippen molar-refractivity contribution in [1.29, 1.82) is 0 Å². The van der Waals surface area contributed by atoms with Crippen LogP contribution in [0.3, 0.4) is 0 Å². The average Bonchev–Trinajstić information content (AvgIpc) is 3.12. The van der Waals surface area contributed by atoms with Gasteiger partial charge in [0.1, 0.15) is 6.10 Å². The lowest BCUT2D eigenvalue weighted by Gasteiger charge is -2.02. The van der Waals surface area contributed by atoms with Gasteiger partial charge in [0.15, 0.2) is 5.82 Å². The first-order chi connectivity index (χ1) is 8.92. The average molecular weight is 282 g/mol. The second-order valence-corrected chi connectivity index (χ2v) is 6.06. The van der Waals surface area contributed by atoms with Crippen LogP contribution in [0.15, 0.2) is 17.4 Å². The van der Waals surface area contributed by atoms with E-state index in [1.165, 1.54) is 4.88 Å². The maximum Gasteiger partial charge on any atom is 0.208 e. The van der Waals surface area contributed by atoms with Gasteiger partial charge in [-0.2, -0.15) is 0 Å². The van der Waals surface area contributed by atoms with Crippen molar-refractivity contribution in [3.63, 3.8) is 0 Å². The second-order valence-electron chi connectivity index (χ2n) is 4.08. The molecule has 0 aliphatic carbocycles. The van der Waals surface area contributed by atoms with E-state index in [0.717, 1.165) is 42.6 Å². The number of hydrogen-bond donors (Lipinski definition) is 1. The molecule has 2 aromatic heterocycles. The van der Waals surface area contributed by atoms with E-state index in [2.05, 4.69) is 25.6 Å². The molecule has 5 nitrogen and oxygen atoms in total. The van der Waals surface area contributed by atoms with Crippen LogP contribution in [0.1, 0.15) is 29.6 Å². The summed E-state index contributed by atoms with van der Waals surface area (Å²) in [6, 6.07) is 2.06. The van der Waals surface area contributed by atoms with Crippen molar-refractivity contribution in [1.82, 2.24) is 19.6 Å². The molecule has 2 aromatic rings. The molecule has 7 heteroatoms. The third kappa shape index (κ3) is 2.90. The van der Waals surface area contributed by atoms with Gasteiger partial charge in [-0.3, -0.25) is 5.10 Å². The lowest BCUT2D eigenvalue weighted by atomic mass is 10.2. The molecule has 0 spiro atoms. The van der Waals surface area contributed by atoms with Crippen molar-refractivity contribution >= 4 is 23.3 Å². The Kier molecular flexibility index (Phi) is 3.92. The Morgan fingerprint density at radius 1 is 1.56 bits per heavy atom. The summed E-state index contributed by atoms with van der Waals surface area (Å²) in [4.78, 5) is 5.77. The first kappa shape index (κ1) is 12.1. The van der Waals surface area contributed by atoms with Crippen molar-refractivity contribution in [2.45, 2.75) is 30.5 Å². The fraction of sp³-hybridized carbons (Fsp3) is 0.545. The van der Waals surface area contributed by atoms with Gasteiger partial charge in [-0.1, -0.05) is 11.8 Å². The Morgan fingerprint density at radius 2 is 2.56 bits per heavy atom. The van der Waals surface area contributed by atoms with Gasteiger partial charge < -0.3 is 4.74 Å². The quantitative estimate of drug-likeness (QED) is 0.853. The summed E-state index contributed by atoms with van der Waals surface area (Å²) in [5, 5.41) is 8.00. The summed E-state index contributed by atoms with van der Waals surface area (Å²) in [6.45, 7) is 0.833. The highest BCUT2D eigenvalue weighted by Crippen LogP contribution is 2.27. The monoisotopic (exact) mass is 282 g/mol. The largest absolute Gasteiger partial charge is 0.370 e. The van der Waals surface area contributed by atoms with Crippen molar-refractivity contribution in [2.75, 3.05) is 12.4 Å². The molecular weight excluding hydrogens is 268 g/mol. The van der Waals surface area contributed by atoms with Gasteiger partial charge in [0.05, 0.1) is 0 Å². The molecule has 1 unspecified atom stereocenters. The summed E-state index contributed by atoms with van der Waals surface area (Å²) in [6.07, 6.45) is 5.12. The van der Waals surface area contributed by atoms with Crippen molar-refractivity contribution in [3.05, 3.63) is 23.0 Å². The number of aromatic amines is 1.